The number of non-ortho nitro benzene ring substituents is 1. The Labute approximate surface area is 138 Å². The molecule has 5 nitrogen and oxygen atoms in total. The van der Waals surface area contributed by atoms with Crippen LogP contribution in [0.2, 0.25) is 0 Å². The Hall–Kier alpha value is -2.38. The molecule has 0 bridgehead atoms. The highest BCUT2D eigenvalue weighted by Gasteiger charge is 2.20. The minimum atomic E-state index is -1.36. The first-order valence-corrected chi connectivity index (χ1v) is 7.53. The quantitative estimate of drug-likeness (QED) is 0.598. The number of aliphatic hydroxyl groups excluding tert-OH is 1. The minimum absolute atomic E-state index is 0.0338. The fourth-order valence-corrected chi connectivity index (χ4v) is 2.54. The highest BCUT2D eigenvalue weighted by atomic mass is 19.1. The number of halogens is 2. The van der Waals surface area contributed by atoms with E-state index in [9.17, 15) is 24.0 Å². The van der Waals surface area contributed by atoms with Crippen LogP contribution in [0.15, 0.2) is 42.5 Å². The number of nitro benzene ring substituents is 1. The van der Waals surface area contributed by atoms with E-state index in [0.717, 1.165) is 12.1 Å². The Bertz CT molecular complexity index is 704. The minimum Gasteiger partial charge on any atom is -0.387 e. The third-order valence-electron chi connectivity index (χ3n) is 3.78. The number of nitro groups is 1. The summed E-state index contributed by atoms with van der Waals surface area (Å²) in [4.78, 5) is 10.4. The molecule has 0 aromatic heterocycles. The van der Waals surface area contributed by atoms with Gasteiger partial charge < -0.3 is 10.4 Å². The molecule has 7 heteroatoms. The first-order chi connectivity index (χ1) is 11.4. The van der Waals surface area contributed by atoms with E-state index >= 15 is 0 Å². The van der Waals surface area contributed by atoms with Gasteiger partial charge in [-0.05, 0) is 24.1 Å². The molecule has 2 unspecified atom stereocenters. The second-order valence-electron chi connectivity index (χ2n) is 5.37. The average molecular weight is 336 g/mol. The SMILES string of the molecule is CCC(NCC(O)c1c(F)cccc1F)c1cccc([N+](=O)[O-])c1. The van der Waals surface area contributed by atoms with E-state index in [4.69, 9.17) is 0 Å². The van der Waals surface area contributed by atoms with Gasteiger partial charge >= 0.3 is 0 Å². The summed E-state index contributed by atoms with van der Waals surface area (Å²) >= 11 is 0. The normalized spacial score (nSPS) is 13.5. The van der Waals surface area contributed by atoms with Crippen molar-refractivity contribution in [3.05, 3.63) is 75.3 Å². The smallest absolute Gasteiger partial charge is 0.269 e. The number of rotatable bonds is 7. The zero-order chi connectivity index (χ0) is 17.7. The number of nitrogens with one attached hydrogen (secondary N) is 1. The van der Waals surface area contributed by atoms with Crippen molar-refractivity contribution < 1.29 is 18.8 Å². The zero-order valence-electron chi connectivity index (χ0n) is 13.1. The molecule has 2 rings (SSSR count). The lowest BCUT2D eigenvalue weighted by atomic mass is 10.0. The van der Waals surface area contributed by atoms with Gasteiger partial charge in [-0.3, -0.25) is 10.1 Å². The Morgan fingerprint density at radius 3 is 2.42 bits per heavy atom. The summed E-state index contributed by atoms with van der Waals surface area (Å²) in [7, 11) is 0. The standard InChI is InChI=1S/C17H18F2N2O3/c1-2-15(11-5-3-6-12(9-11)21(23)24)20-10-16(22)17-13(18)7-4-8-14(17)19/h3-9,15-16,20,22H,2,10H2,1H3. The van der Waals surface area contributed by atoms with Gasteiger partial charge in [0.05, 0.1) is 16.6 Å². The second-order valence-corrected chi connectivity index (χ2v) is 5.37. The molecular weight excluding hydrogens is 318 g/mol. The van der Waals surface area contributed by atoms with Crippen molar-refractivity contribution in [3.63, 3.8) is 0 Å². The van der Waals surface area contributed by atoms with Gasteiger partial charge in [-0.25, -0.2) is 8.78 Å². The fourth-order valence-electron chi connectivity index (χ4n) is 2.54. The first-order valence-electron chi connectivity index (χ1n) is 7.53. The van der Waals surface area contributed by atoms with Crippen molar-refractivity contribution in [2.75, 3.05) is 6.54 Å². The summed E-state index contributed by atoms with van der Waals surface area (Å²) in [6, 6.07) is 9.24. The molecule has 0 aliphatic carbocycles. The monoisotopic (exact) mass is 336 g/mol. The molecule has 0 fully saturated rings. The molecular formula is C17H18F2N2O3. The van der Waals surface area contributed by atoms with Crippen molar-refractivity contribution >= 4 is 5.69 Å². The Morgan fingerprint density at radius 1 is 1.21 bits per heavy atom. The molecule has 0 saturated carbocycles. The van der Waals surface area contributed by atoms with Crippen LogP contribution in [0.1, 0.15) is 36.6 Å². The van der Waals surface area contributed by atoms with Crippen molar-refractivity contribution in [1.82, 2.24) is 5.32 Å². The predicted molar refractivity (Wildman–Crippen MR) is 85.4 cm³/mol. The molecule has 0 heterocycles. The van der Waals surface area contributed by atoms with Crippen LogP contribution >= 0.6 is 0 Å². The molecule has 0 aliphatic rings. The molecule has 0 radical (unpaired) electrons. The number of benzene rings is 2. The van der Waals surface area contributed by atoms with Crippen LogP contribution in [0, 0.1) is 21.7 Å². The second kappa shape index (κ2) is 7.94. The van der Waals surface area contributed by atoms with Gasteiger partial charge in [0.25, 0.3) is 5.69 Å². The van der Waals surface area contributed by atoms with Crippen LogP contribution in [-0.4, -0.2) is 16.6 Å². The Kier molecular flexibility index (Phi) is 5.94. The largest absolute Gasteiger partial charge is 0.387 e. The van der Waals surface area contributed by atoms with E-state index in [2.05, 4.69) is 5.32 Å². The maximum absolute atomic E-state index is 13.7. The van der Waals surface area contributed by atoms with Gasteiger partial charge in [-0.1, -0.05) is 25.1 Å². The maximum Gasteiger partial charge on any atom is 0.269 e. The molecule has 24 heavy (non-hydrogen) atoms. The Balaban J connectivity index is 2.11. The van der Waals surface area contributed by atoms with Gasteiger partial charge in [0, 0.05) is 24.7 Å². The van der Waals surface area contributed by atoms with Gasteiger partial charge in [-0.2, -0.15) is 0 Å². The van der Waals surface area contributed by atoms with Crippen LogP contribution in [0.4, 0.5) is 14.5 Å². The van der Waals surface area contributed by atoms with E-state index in [1.54, 1.807) is 12.1 Å². The lowest BCUT2D eigenvalue weighted by Crippen LogP contribution is -2.27. The number of nitrogens with zero attached hydrogens (tertiary/aromatic N) is 1. The van der Waals surface area contributed by atoms with E-state index in [1.165, 1.54) is 18.2 Å². The van der Waals surface area contributed by atoms with E-state index in [1.807, 2.05) is 6.92 Å². The summed E-state index contributed by atoms with van der Waals surface area (Å²) in [6.07, 6.45) is -0.771. The third kappa shape index (κ3) is 4.12. The highest BCUT2D eigenvalue weighted by Crippen LogP contribution is 2.24. The fraction of sp³-hybridized carbons (Fsp3) is 0.294. The number of aliphatic hydroxyl groups is 1. The number of hydrogen-bond donors (Lipinski definition) is 2. The van der Waals surface area contributed by atoms with E-state index < -0.39 is 22.7 Å². The molecule has 0 spiro atoms. The predicted octanol–water partition coefficient (Wildman–Crippen LogP) is 3.65. The van der Waals surface area contributed by atoms with Crippen LogP contribution in [0.25, 0.3) is 0 Å². The van der Waals surface area contributed by atoms with Gasteiger partial charge in [0.15, 0.2) is 0 Å². The highest BCUT2D eigenvalue weighted by molar-refractivity contribution is 5.35. The van der Waals surface area contributed by atoms with Crippen LogP contribution < -0.4 is 5.32 Å². The molecule has 0 amide bonds. The van der Waals surface area contributed by atoms with Crippen LogP contribution in [0.3, 0.4) is 0 Å². The van der Waals surface area contributed by atoms with E-state index in [0.29, 0.717) is 12.0 Å². The van der Waals surface area contributed by atoms with Crippen molar-refractivity contribution in [1.29, 1.82) is 0 Å². The van der Waals surface area contributed by atoms with Crippen molar-refractivity contribution in [3.8, 4) is 0 Å². The van der Waals surface area contributed by atoms with Crippen LogP contribution in [0.5, 0.6) is 0 Å². The number of hydrogen-bond acceptors (Lipinski definition) is 4. The molecule has 0 aliphatic heterocycles. The topological polar surface area (TPSA) is 75.4 Å². The molecule has 128 valence electrons. The summed E-state index contributed by atoms with van der Waals surface area (Å²) in [5.41, 5.74) is 0.250. The van der Waals surface area contributed by atoms with E-state index in [-0.39, 0.29) is 23.8 Å². The summed E-state index contributed by atoms with van der Waals surface area (Å²) < 4.78 is 27.3. The summed E-state index contributed by atoms with van der Waals surface area (Å²) in [5, 5.41) is 23.9. The summed E-state index contributed by atoms with van der Waals surface area (Å²) in [6.45, 7) is 1.78. The van der Waals surface area contributed by atoms with Crippen LogP contribution in [-0.2, 0) is 0 Å². The molecule has 2 N–H and O–H groups in total. The van der Waals surface area contributed by atoms with Gasteiger partial charge in [0.1, 0.15) is 11.6 Å². The lowest BCUT2D eigenvalue weighted by Gasteiger charge is -2.20. The zero-order valence-corrected chi connectivity index (χ0v) is 13.1. The molecule has 2 aromatic carbocycles. The Morgan fingerprint density at radius 2 is 1.83 bits per heavy atom. The molecule has 0 saturated heterocycles. The molecule has 2 atom stereocenters. The average Bonchev–Trinajstić information content (AvgIpc) is 2.55. The third-order valence-corrected chi connectivity index (χ3v) is 3.78. The summed E-state index contributed by atoms with van der Waals surface area (Å²) in [5.74, 6) is -1.62. The van der Waals surface area contributed by atoms with Gasteiger partial charge in [0.2, 0.25) is 0 Å². The van der Waals surface area contributed by atoms with Gasteiger partial charge in [-0.15, -0.1) is 0 Å². The van der Waals surface area contributed by atoms with Crippen molar-refractivity contribution in [2.45, 2.75) is 25.5 Å². The van der Waals surface area contributed by atoms with Crippen molar-refractivity contribution in [2.24, 2.45) is 0 Å². The lowest BCUT2D eigenvalue weighted by molar-refractivity contribution is -0.384. The molecule has 2 aromatic rings. The maximum atomic E-state index is 13.7. The first kappa shape index (κ1) is 18.0.